The summed E-state index contributed by atoms with van der Waals surface area (Å²) >= 11 is 0. The Hall–Kier alpha value is -11.7. The number of pyridine rings is 3. The molecule has 0 saturated carbocycles. The summed E-state index contributed by atoms with van der Waals surface area (Å²) in [6.45, 7) is 23.5. The van der Waals surface area contributed by atoms with Gasteiger partial charge >= 0.3 is 6.03 Å². The van der Waals surface area contributed by atoms with E-state index < -0.39 is 57.8 Å². The van der Waals surface area contributed by atoms with Gasteiger partial charge in [-0.05, 0) is 199 Å². The van der Waals surface area contributed by atoms with Gasteiger partial charge in [0.25, 0.3) is 0 Å². The fraction of sp³-hybridized carbons (Fsp3) is 0.411. The van der Waals surface area contributed by atoms with Crippen molar-refractivity contribution in [1.82, 2.24) is 25.6 Å². The van der Waals surface area contributed by atoms with Crippen LogP contribution in [0.25, 0.3) is 33.8 Å². The van der Waals surface area contributed by atoms with Gasteiger partial charge in [0.05, 0.1) is 87.4 Å². The number of aliphatic imine (C=N–C) groups is 1. The molecule has 124 heavy (non-hydrogen) atoms. The predicted molar refractivity (Wildman–Crippen MR) is 465 cm³/mol. The average molecular weight is 1710 g/mol. The molecule has 28 nitrogen and oxygen atoms in total. The van der Waals surface area contributed by atoms with Gasteiger partial charge in [0.2, 0.25) is 0 Å². The molecule has 1 fully saturated rings. The van der Waals surface area contributed by atoms with E-state index in [1.54, 1.807) is 128 Å². The van der Waals surface area contributed by atoms with Gasteiger partial charge in [-0.3, -0.25) is 24.7 Å². The van der Waals surface area contributed by atoms with Crippen molar-refractivity contribution in [2.45, 2.75) is 179 Å². The Morgan fingerprint density at radius 2 is 0.831 bits per heavy atom. The van der Waals surface area contributed by atoms with E-state index in [0.717, 1.165) is 33.4 Å². The Kier molecular flexibility index (Phi) is 29.3. The molecule has 6 aromatic carbocycles. The normalized spacial score (nSPS) is 19.0. The smallest absolute Gasteiger partial charge is 0.312 e. The predicted octanol–water partition coefficient (Wildman–Crippen LogP) is 12.8. The maximum Gasteiger partial charge on any atom is 0.312 e. The first kappa shape index (κ1) is 93.0. The minimum absolute atomic E-state index is 0.0238. The van der Waals surface area contributed by atoms with Gasteiger partial charge in [-0.2, -0.15) is 0 Å². The Labute approximate surface area is 721 Å². The molecule has 660 valence electrons. The van der Waals surface area contributed by atoms with Crippen LogP contribution < -0.4 is 64.7 Å². The molecule has 7 heterocycles. The third-order valence-electron chi connectivity index (χ3n) is 22.0. The number of methoxy groups -OCH3 is 3. The number of carbonyl (C=O) groups is 4. The van der Waals surface area contributed by atoms with Crippen LogP contribution in [0, 0.1) is 19.7 Å². The van der Waals surface area contributed by atoms with E-state index in [1.807, 2.05) is 88.4 Å². The van der Waals surface area contributed by atoms with E-state index in [9.17, 15) is 54.2 Å². The summed E-state index contributed by atoms with van der Waals surface area (Å²) < 4.78 is 70.2. The number of benzene rings is 6. The summed E-state index contributed by atoms with van der Waals surface area (Å²) in [5, 5.41) is 69.8. The van der Waals surface area contributed by atoms with Crippen molar-refractivity contribution in [3.05, 3.63) is 213 Å². The zero-order chi connectivity index (χ0) is 90.0. The van der Waals surface area contributed by atoms with Crippen molar-refractivity contribution in [2.24, 2.45) is 16.5 Å². The molecule has 9 atom stereocenters. The maximum atomic E-state index is 13.7. The van der Waals surface area contributed by atoms with Gasteiger partial charge in [0.15, 0.2) is 69.1 Å². The number of ketones is 3. The van der Waals surface area contributed by atoms with Gasteiger partial charge in [-0.25, -0.2) is 24.1 Å². The molecule has 0 spiro atoms. The van der Waals surface area contributed by atoms with Crippen LogP contribution in [0.15, 0.2) is 151 Å². The van der Waals surface area contributed by atoms with Crippen molar-refractivity contribution in [2.75, 3.05) is 74.2 Å². The largest absolute Gasteiger partial charge is 0.493 e. The zero-order valence-corrected chi connectivity index (χ0v) is 72.8. The molecule has 1 saturated heterocycles. The monoisotopic (exact) mass is 1700 g/mol. The molecule has 9 aromatic rings. The van der Waals surface area contributed by atoms with E-state index in [2.05, 4.69) is 15.6 Å². The van der Waals surface area contributed by atoms with Crippen LogP contribution in [-0.2, 0) is 38.2 Å². The van der Waals surface area contributed by atoms with Crippen LogP contribution in [0.1, 0.15) is 184 Å². The minimum atomic E-state index is -1.50. The van der Waals surface area contributed by atoms with Crippen molar-refractivity contribution in [3.8, 4) is 85.5 Å². The van der Waals surface area contributed by atoms with Crippen molar-refractivity contribution in [3.63, 3.8) is 0 Å². The SMILES string of the molecule is COc1cc(C(=O)CCC(C)(O)c2cc3c(c(-c4ccc(C)cc4)n2)OCC3(C)N=C(C)N)ccc1OCC(C)O.COc1cc(C(=O)CCC(C)(O)c2cc3c(c(-c4ccc(C)cc4)n2)OCC3(C)NC(N)=O)ccc1OCC(C)O.COc1cc(C(=O)CCC(C)(O)c2cc3c(c(-c4ccc(F)cc4)n2)OCC3(C)NC2COC2)ccc1OCC(C)O. The third kappa shape index (κ3) is 22.3. The number of aliphatic hydroxyl groups excluding tert-OH is 3. The summed E-state index contributed by atoms with van der Waals surface area (Å²) in [5.41, 5.74) is 15.6. The number of hydrogen-bond donors (Lipinski definition) is 10. The summed E-state index contributed by atoms with van der Waals surface area (Å²) in [7, 11) is 4.44. The highest BCUT2D eigenvalue weighted by Crippen LogP contribution is 2.50. The quantitative estimate of drug-likeness (QED) is 0.0102. The van der Waals surface area contributed by atoms with E-state index >= 15 is 0 Å². The molecule has 0 radical (unpaired) electrons. The highest BCUT2D eigenvalue weighted by molar-refractivity contribution is 5.98. The number of fused-ring (bicyclic) bond motifs is 3. The Morgan fingerprint density at radius 3 is 1.16 bits per heavy atom. The Bertz CT molecular complexity index is 5360. The number of amidine groups is 1. The molecule has 2 amide bonds. The van der Waals surface area contributed by atoms with Gasteiger partial charge < -0.3 is 94.8 Å². The highest BCUT2D eigenvalue weighted by atomic mass is 19.1. The number of aromatic nitrogens is 3. The second-order valence-electron chi connectivity index (χ2n) is 33.5. The molecular weight excluding hydrogens is 1590 g/mol. The molecule has 9 unspecified atom stereocenters. The minimum Gasteiger partial charge on any atom is -0.493 e. The third-order valence-corrected chi connectivity index (χ3v) is 22.0. The second kappa shape index (κ2) is 39.0. The number of nitrogens with two attached hydrogens (primary N) is 2. The van der Waals surface area contributed by atoms with Gasteiger partial charge in [-0.15, -0.1) is 0 Å². The Balaban J connectivity index is 0.000000181. The van der Waals surface area contributed by atoms with E-state index in [4.69, 9.17) is 73.8 Å². The number of amides is 2. The van der Waals surface area contributed by atoms with Crippen LogP contribution >= 0.6 is 0 Å². The molecule has 4 aliphatic heterocycles. The first-order valence-electron chi connectivity index (χ1n) is 41.1. The van der Waals surface area contributed by atoms with E-state index in [1.165, 1.54) is 33.5 Å². The number of halogens is 1. The van der Waals surface area contributed by atoms with E-state index in [0.29, 0.717) is 146 Å². The van der Waals surface area contributed by atoms with Crippen molar-refractivity contribution < 1.29 is 102 Å². The highest BCUT2D eigenvalue weighted by Gasteiger charge is 2.46. The standard InChI is InChI=1S/C32H37FN2O7.C32H39N3O6.C31H37N3O7/c1-19(36)15-41-26-10-7-21(13-27(26)39-4)25(37)11-12-32(3,38)28-14-24-30(29(34-28)20-5-8-22(33)9-6-20)42-18-31(24,2)35-23-16-40-17-23;1-19-7-9-22(10-8-19)29-30-24(31(4,18-41-30)35-21(3)33)16-28(34-29)32(5,38)14-13-25(37)23-11-12-26(27(15-23)39-6)40-17-20(2)36;1-18-6-8-20(9-7-18)27-28-22(30(3,17-41-28)34-29(32)37)15-26(33-27)31(4,38)13-12-23(36)21-10-11-24(25(14-21)39-5)40-16-19(2)35/h5-10,13-14,19,23,35-36,38H,11-12,15-18H2,1-4H3;7-12,15-16,20,36,38H,13-14,17-18H2,1-6H3,(H2,33,35);6-11,14-15,19,35,38H,12-13,16-17H2,1-5H3,(H3,32,34,37). The molecule has 13 rings (SSSR count). The molecular formula is C95H113FN8O20. The molecule has 3 aromatic heterocycles. The number of primary amides is 1. The summed E-state index contributed by atoms with van der Waals surface area (Å²) in [6, 6.07) is 41.1. The number of hydrogen-bond acceptors (Lipinski definition) is 25. The van der Waals surface area contributed by atoms with Gasteiger partial charge in [0.1, 0.15) is 90.4 Å². The van der Waals surface area contributed by atoms with Crippen molar-refractivity contribution in [1.29, 1.82) is 0 Å². The maximum absolute atomic E-state index is 13.7. The van der Waals surface area contributed by atoms with Gasteiger partial charge in [-0.1, -0.05) is 59.7 Å². The fourth-order valence-electron chi connectivity index (χ4n) is 14.7. The van der Waals surface area contributed by atoms with Crippen LogP contribution in [-0.4, -0.2) is 173 Å². The van der Waals surface area contributed by atoms with Crippen LogP contribution in [0.2, 0.25) is 0 Å². The summed E-state index contributed by atoms with van der Waals surface area (Å²) in [5.74, 6) is 3.61. The number of urea groups is 1. The molecule has 0 aliphatic carbocycles. The lowest BCUT2D eigenvalue weighted by atomic mass is 9.87. The first-order chi connectivity index (χ1) is 58.6. The van der Waals surface area contributed by atoms with Crippen LogP contribution in [0.3, 0.4) is 0 Å². The lowest BCUT2D eigenvalue weighted by molar-refractivity contribution is -0.0204. The fourth-order valence-corrected chi connectivity index (χ4v) is 14.7. The topological polar surface area (TPSA) is 409 Å². The van der Waals surface area contributed by atoms with E-state index in [-0.39, 0.29) is 94.2 Å². The lowest BCUT2D eigenvalue weighted by Gasteiger charge is -2.35. The zero-order valence-electron chi connectivity index (χ0n) is 72.8. The van der Waals surface area contributed by atoms with Crippen molar-refractivity contribution >= 4 is 29.2 Å². The lowest BCUT2D eigenvalue weighted by Crippen LogP contribution is -2.55. The number of ether oxygens (including phenoxy) is 10. The number of aliphatic hydroxyl groups is 6. The Morgan fingerprint density at radius 1 is 0.500 bits per heavy atom. The number of nitrogens with one attached hydrogen (secondary N) is 2. The number of nitrogens with zero attached hydrogens (tertiary/aromatic N) is 4. The molecule has 29 heteroatoms. The molecule has 4 aliphatic rings. The first-order valence-corrected chi connectivity index (χ1v) is 41.1. The number of aryl methyl sites for hydroxylation is 2. The summed E-state index contributed by atoms with van der Waals surface area (Å²) in [6.07, 6.45) is -1.51. The summed E-state index contributed by atoms with van der Waals surface area (Å²) in [4.78, 5) is 70.5. The van der Waals surface area contributed by atoms with Crippen LogP contribution in [0.4, 0.5) is 9.18 Å². The molecule has 12 N–H and O–H groups in total. The molecule has 0 bridgehead atoms. The van der Waals surface area contributed by atoms with Crippen LogP contribution in [0.5, 0.6) is 51.7 Å². The van der Waals surface area contributed by atoms with Gasteiger partial charge in [0, 0.05) is 69.3 Å². The average Bonchev–Trinajstić information content (AvgIpc) is 1.58. The number of rotatable bonds is 34. The number of Topliss-reactive ketones (excluding diaryl/α,β-unsaturated/α-hetero) is 3. The second-order valence-corrected chi connectivity index (χ2v) is 33.5. The number of carbonyl (C=O) groups excluding carboxylic acids is 4.